The number of carbonyl (C=O) groups excluding carboxylic acids is 2. The van der Waals surface area contributed by atoms with Gasteiger partial charge in [-0.25, -0.2) is 4.90 Å². The molecule has 1 aliphatic heterocycles. The summed E-state index contributed by atoms with van der Waals surface area (Å²) in [4.78, 5) is 26.0. The molecule has 19 heavy (non-hydrogen) atoms. The number of hydrogen-bond donors (Lipinski definition) is 0. The van der Waals surface area contributed by atoms with Crippen molar-refractivity contribution in [2.75, 3.05) is 4.90 Å². The van der Waals surface area contributed by atoms with Crippen LogP contribution in [0.15, 0.2) is 65.3 Å². The maximum absolute atomic E-state index is 12.4. The van der Waals surface area contributed by atoms with E-state index in [-0.39, 0.29) is 11.8 Å². The Bertz CT molecular complexity index is 651. The van der Waals surface area contributed by atoms with Crippen molar-refractivity contribution in [2.24, 2.45) is 0 Å². The van der Waals surface area contributed by atoms with Crippen molar-refractivity contribution in [3.8, 4) is 0 Å². The summed E-state index contributed by atoms with van der Waals surface area (Å²) < 4.78 is 0. The van der Waals surface area contributed by atoms with Crippen LogP contribution < -0.4 is 4.90 Å². The normalized spacial score (nSPS) is 18.6. The van der Waals surface area contributed by atoms with Gasteiger partial charge in [0.05, 0.1) is 11.3 Å². The van der Waals surface area contributed by atoms with Gasteiger partial charge in [-0.15, -0.1) is 0 Å². The van der Waals surface area contributed by atoms with Crippen LogP contribution in [-0.2, 0) is 9.59 Å². The predicted molar refractivity (Wildman–Crippen MR) is 73.5 cm³/mol. The fourth-order valence-electron chi connectivity index (χ4n) is 2.29. The molecule has 1 saturated heterocycles. The molecule has 3 nitrogen and oxygen atoms in total. The number of rotatable bonds is 1. The average molecular weight is 251 g/mol. The molecule has 2 aliphatic rings. The lowest BCUT2D eigenvalue weighted by Gasteiger charge is -2.12. The Morgan fingerprint density at radius 1 is 0.947 bits per heavy atom. The molecule has 0 bridgehead atoms. The van der Waals surface area contributed by atoms with Gasteiger partial charge in [-0.2, -0.15) is 0 Å². The first-order valence-electron chi connectivity index (χ1n) is 6.20. The molecule has 3 rings (SSSR count). The highest BCUT2D eigenvalue weighted by Crippen LogP contribution is 2.32. The zero-order valence-corrected chi connectivity index (χ0v) is 10.6. The molecule has 0 spiro atoms. The summed E-state index contributed by atoms with van der Waals surface area (Å²) in [5.74, 6) is -0.473. The van der Waals surface area contributed by atoms with E-state index in [1.807, 2.05) is 37.3 Å². The lowest BCUT2D eigenvalue weighted by Crippen LogP contribution is -2.29. The molecule has 1 fully saturated rings. The number of para-hydroxylation sites is 1. The summed E-state index contributed by atoms with van der Waals surface area (Å²) in [6.45, 7) is 1.99. The molecule has 0 atom stereocenters. The Balaban J connectivity index is 2.09. The summed E-state index contributed by atoms with van der Waals surface area (Å²) >= 11 is 0. The molecule has 0 saturated carbocycles. The summed E-state index contributed by atoms with van der Waals surface area (Å²) in [6.07, 6.45) is 6.20. The predicted octanol–water partition coefficient (Wildman–Crippen LogP) is 2.76. The summed E-state index contributed by atoms with van der Waals surface area (Å²) in [5, 5.41) is 0. The van der Waals surface area contributed by atoms with E-state index >= 15 is 0 Å². The van der Waals surface area contributed by atoms with Crippen LogP contribution in [0, 0.1) is 0 Å². The smallest absolute Gasteiger partial charge is 0.266 e. The Morgan fingerprint density at radius 3 is 2.37 bits per heavy atom. The van der Waals surface area contributed by atoms with Crippen LogP contribution in [0.4, 0.5) is 5.69 Å². The van der Waals surface area contributed by atoms with E-state index in [2.05, 4.69) is 0 Å². The molecule has 0 N–H and O–H groups in total. The van der Waals surface area contributed by atoms with Crippen molar-refractivity contribution in [1.82, 2.24) is 0 Å². The van der Waals surface area contributed by atoms with Gasteiger partial charge in [0.1, 0.15) is 0 Å². The second-order valence-electron chi connectivity index (χ2n) is 4.70. The van der Waals surface area contributed by atoms with Gasteiger partial charge in [-0.3, -0.25) is 9.59 Å². The number of nitrogens with zero attached hydrogens (tertiary/aromatic N) is 1. The Morgan fingerprint density at radius 2 is 1.63 bits per heavy atom. The Kier molecular flexibility index (Phi) is 2.67. The van der Waals surface area contributed by atoms with Gasteiger partial charge in [0.15, 0.2) is 0 Å². The van der Waals surface area contributed by atoms with Gasteiger partial charge in [0.25, 0.3) is 11.8 Å². The monoisotopic (exact) mass is 251 g/mol. The van der Waals surface area contributed by atoms with E-state index in [4.69, 9.17) is 0 Å². The third-order valence-electron chi connectivity index (χ3n) is 3.33. The molecule has 1 aromatic rings. The first kappa shape index (κ1) is 11.7. The summed E-state index contributed by atoms with van der Waals surface area (Å²) in [5.41, 5.74) is 2.77. The minimum atomic E-state index is -0.242. The molecule has 3 heteroatoms. The summed E-state index contributed by atoms with van der Waals surface area (Å²) in [6, 6.07) is 9.03. The van der Waals surface area contributed by atoms with Crippen LogP contribution in [0.1, 0.15) is 13.3 Å². The lowest BCUT2D eigenvalue weighted by atomic mass is 10.1. The molecule has 0 aromatic heterocycles. The first-order valence-corrected chi connectivity index (χ1v) is 6.20. The molecular weight excluding hydrogens is 238 g/mol. The third-order valence-corrected chi connectivity index (χ3v) is 3.33. The largest absolute Gasteiger partial charge is 0.268 e. The van der Waals surface area contributed by atoms with Crippen LogP contribution in [0.2, 0.25) is 0 Å². The fraction of sp³-hybridized carbons (Fsp3) is 0.125. The average Bonchev–Trinajstić information content (AvgIpc) is 2.55. The minimum Gasteiger partial charge on any atom is -0.268 e. The number of imide groups is 1. The number of fused-ring (bicyclic) bond motifs is 1. The molecule has 1 aromatic carbocycles. The topological polar surface area (TPSA) is 37.4 Å². The van der Waals surface area contributed by atoms with Gasteiger partial charge < -0.3 is 0 Å². The highest BCUT2D eigenvalue weighted by molar-refractivity contribution is 6.37. The van der Waals surface area contributed by atoms with Gasteiger partial charge in [-0.05, 0) is 31.6 Å². The highest BCUT2D eigenvalue weighted by atomic mass is 16.2. The number of hydrogen-bond acceptors (Lipinski definition) is 2. The van der Waals surface area contributed by atoms with E-state index in [1.54, 1.807) is 18.2 Å². The van der Waals surface area contributed by atoms with Gasteiger partial charge in [0, 0.05) is 5.57 Å². The standard InChI is InChI=1S/C16H13NO2/c1-11-7-9-13-14(10-8-11)16(19)17(15(13)18)12-5-3-2-4-6-12/h2-7,9-10H,8H2,1H3. The van der Waals surface area contributed by atoms with E-state index in [9.17, 15) is 9.59 Å². The number of carbonyl (C=O) groups is 2. The molecule has 2 amide bonds. The van der Waals surface area contributed by atoms with Crippen molar-refractivity contribution >= 4 is 17.5 Å². The molecule has 0 unspecified atom stereocenters. The van der Waals surface area contributed by atoms with E-state index in [1.165, 1.54) is 4.90 Å². The SMILES string of the molecule is CC1=CC=C2C(=O)N(c3ccccc3)C(=O)C2=CC1. The van der Waals surface area contributed by atoms with Crippen molar-refractivity contribution in [3.63, 3.8) is 0 Å². The Hall–Kier alpha value is -2.42. The first-order chi connectivity index (χ1) is 9.18. The zero-order chi connectivity index (χ0) is 13.4. The second-order valence-corrected chi connectivity index (χ2v) is 4.70. The third kappa shape index (κ3) is 1.83. The second kappa shape index (κ2) is 4.35. The van der Waals surface area contributed by atoms with Crippen LogP contribution in [0.3, 0.4) is 0 Å². The number of allylic oxidation sites excluding steroid dienone is 4. The summed E-state index contributed by atoms with van der Waals surface area (Å²) in [7, 11) is 0. The van der Waals surface area contributed by atoms with E-state index in [0.29, 0.717) is 23.3 Å². The van der Waals surface area contributed by atoms with Crippen LogP contribution in [0.5, 0.6) is 0 Å². The zero-order valence-electron chi connectivity index (χ0n) is 10.6. The van der Waals surface area contributed by atoms with Crippen LogP contribution in [0.25, 0.3) is 0 Å². The maximum Gasteiger partial charge on any atom is 0.266 e. The Labute approximate surface area is 111 Å². The molecule has 94 valence electrons. The van der Waals surface area contributed by atoms with Crippen molar-refractivity contribution in [2.45, 2.75) is 13.3 Å². The van der Waals surface area contributed by atoms with Crippen molar-refractivity contribution in [3.05, 3.63) is 65.3 Å². The number of amides is 2. The van der Waals surface area contributed by atoms with Crippen LogP contribution >= 0.6 is 0 Å². The molecular formula is C16H13NO2. The maximum atomic E-state index is 12.4. The number of anilines is 1. The lowest BCUT2D eigenvalue weighted by molar-refractivity contribution is -0.119. The van der Waals surface area contributed by atoms with Gasteiger partial charge >= 0.3 is 0 Å². The number of benzene rings is 1. The molecule has 0 radical (unpaired) electrons. The molecule has 1 aliphatic carbocycles. The van der Waals surface area contributed by atoms with Crippen LogP contribution in [-0.4, -0.2) is 11.8 Å². The van der Waals surface area contributed by atoms with Crippen molar-refractivity contribution < 1.29 is 9.59 Å². The van der Waals surface area contributed by atoms with Crippen molar-refractivity contribution in [1.29, 1.82) is 0 Å². The van der Waals surface area contributed by atoms with Gasteiger partial charge in [-0.1, -0.05) is 35.9 Å². The van der Waals surface area contributed by atoms with Gasteiger partial charge in [0.2, 0.25) is 0 Å². The minimum absolute atomic E-state index is 0.231. The fourth-order valence-corrected chi connectivity index (χ4v) is 2.29. The highest BCUT2D eigenvalue weighted by Gasteiger charge is 2.39. The molecule has 1 heterocycles. The van der Waals surface area contributed by atoms with E-state index < -0.39 is 0 Å². The van der Waals surface area contributed by atoms with E-state index in [0.717, 1.165) is 5.57 Å². The quantitative estimate of drug-likeness (QED) is 0.720.